The van der Waals surface area contributed by atoms with Gasteiger partial charge in [-0.2, -0.15) is 4.68 Å². The fraction of sp³-hybridized carbons (Fsp3) is 0.364. The van der Waals surface area contributed by atoms with Crippen molar-refractivity contribution in [1.82, 2.24) is 29.9 Å². The number of fused-ring (bicyclic) bond motifs is 1. The van der Waals surface area contributed by atoms with Crippen molar-refractivity contribution in [2.24, 2.45) is 0 Å². The molecule has 0 unspecified atom stereocenters. The number of hydrogen-bond donors (Lipinski definition) is 1. The molecule has 0 bridgehead atoms. The van der Waals surface area contributed by atoms with Crippen LogP contribution in [0.15, 0.2) is 12.4 Å². The van der Waals surface area contributed by atoms with Crippen LogP contribution >= 0.6 is 0 Å². The average Bonchev–Trinajstić information content (AvgIpc) is 2.84. The summed E-state index contributed by atoms with van der Waals surface area (Å²) in [7, 11) is 0. The highest BCUT2D eigenvalue weighted by molar-refractivity contribution is 5.66. The quantitative estimate of drug-likeness (QED) is 0.828. The largest absolute Gasteiger partial charge is 0.465 e. The molecule has 1 aliphatic heterocycles. The van der Waals surface area contributed by atoms with Gasteiger partial charge in [-0.25, -0.2) is 19.2 Å². The Bertz CT molecular complexity index is 655. The van der Waals surface area contributed by atoms with Gasteiger partial charge < -0.3 is 5.11 Å². The average molecular weight is 278 g/mol. The van der Waals surface area contributed by atoms with E-state index in [-0.39, 0.29) is 12.0 Å². The van der Waals surface area contributed by atoms with Gasteiger partial charge in [-0.15, -0.1) is 5.10 Å². The van der Waals surface area contributed by atoms with Crippen LogP contribution in [0.4, 0.5) is 9.18 Å². The highest BCUT2D eigenvalue weighted by Gasteiger charge is 2.32. The zero-order valence-electron chi connectivity index (χ0n) is 10.6. The Morgan fingerprint density at radius 2 is 2.15 bits per heavy atom. The van der Waals surface area contributed by atoms with Crippen molar-refractivity contribution < 1.29 is 14.3 Å². The zero-order chi connectivity index (χ0) is 14.3. The lowest BCUT2D eigenvalue weighted by Crippen LogP contribution is -2.38. The highest BCUT2D eigenvalue weighted by atomic mass is 19.1. The van der Waals surface area contributed by atoms with Gasteiger partial charge in [-0.05, 0) is 6.92 Å². The fourth-order valence-corrected chi connectivity index (χ4v) is 2.28. The Hall–Kier alpha value is -2.58. The van der Waals surface area contributed by atoms with Gasteiger partial charge in [0, 0.05) is 13.0 Å². The second-order valence-corrected chi connectivity index (χ2v) is 4.44. The summed E-state index contributed by atoms with van der Waals surface area (Å²) < 4.78 is 14.2. The lowest BCUT2D eigenvalue weighted by atomic mass is 10.0. The summed E-state index contributed by atoms with van der Waals surface area (Å²) in [5.74, 6) is -0.315. The van der Waals surface area contributed by atoms with Crippen LogP contribution in [0.1, 0.15) is 24.4 Å². The molecule has 0 aliphatic carbocycles. The van der Waals surface area contributed by atoms with E-state index in [1.807, 2.05) is 0 Å². The third-order valence-electron chi connectivity index (χ3n) is 3.29. The van der Waals surface area contributed by atoms with E-state index in [9.17, 15) is 9.18 Å². The minimum absolute atomic E-state index is 0.219. The van der Waals surface area contributed by atoms with Crippen LogP contribution < -0.4 is 0 Å². The molecule has 2 aromatic rings. The molecule has 0 saturated heterocycles. The Morgan fingerprint density at radius 1 is 1.45 bits per heavy atom. The normalized spacial score (nSPS) is 17.9. The van der Waals surface area contributed by atoms with Gasteiger partial charge in [-0.3, -0.25) is 4.90 Å². The molecule has 1 atom stereocenters. The van der Waals surface area contributed by atoms with Gasteiger partial charge in [0.15, 0.2) is 5.82 Å². The molecule has 3 rings (SSSR count). The van der Waals surface area contributed by atoms with Crippen molar-refractivity contribution in [3.05, 3.63) is 29.6 Å². The van der Waals surface area contributed by atoms with Crippen LogP contribution in [0.25, 0.3) is 5.95 Å². The summed E-state index contributed by atoms with van der Waals surface area (Å²) in [6, 6.07) is -0.384. The molecule has 0 saturated carbocycles. The van der Waals surface area contributed by atoms with Gasteiger partial charge in [0.2, 0.25) is 0 Å². The summed E-state index contributed by atoms with van der Waals surface area (Å²) in [6.07, 6.45) is 1.56. The van der Waals surface area contributed by atoms with Crippen LogP contribution in [0.3, 0.4) is 0 Å². The van der Waals surface area contributed by atoms with Gasteiger partial charge in [-0.1, -0.05) is 5.21 Å². The van der Waals surface area contributed by atoms with Crippen LogP contribution in [0.5, 0.6) is 0 Å². The van der Waals surface area contributed by atoms with Crippen LogP contribution in [-0.4, -0.2) is 47.6 Å². The smallest absolute Gasteiger partial charge is 0.407 e. The molecule has 2 aromatic heterocycles. The maximum Gasteiger partial charge on any atom is 0.407 e. The van der Waals surface area contributed by atoms with Gasteiger partial charge in [0.05, 0.1) is 24.1 Å². The molecule has 1 aliphatic rings. The maximum atomic E-state index is 12.8. The Morgan fingerprint density at radius 3 is 2.80 bits per heavy atom. The van der Waals surface area contributed by atoms with Crippen molar-refractivity contribution in [2.75, 3.05) is 6.54 Å². The SMILES string of the molecule is C[C@H]1c2nnn(-c3ncc(F)cn3)c2CCN1C(=O)O. The molecule has 1 N–H and O–H groups in total. The summed E-state index contributed by atoms with van der Waals surface area (Å²) >= 11 is 0. The molecule has 0 radical (unpaired) electrons. The number of halogens is 1. The second-order valence-electron chi connectivity index (χ2n) is 4.44. The van der Waals surface area contributed by atoms with Gasteiger partial charge in [0.1, 0.15) is 5.69 Å². The molecule has 8 nitrogen and oxygen atoms in total. The van der Waals surface area contributed by atoms with E-state index >= 15 is 0 Å². The topological polar surface area (TPSA) is 97.0 Å². The first kappa shape index (κ1) is 12.5. The van der Waals surface area contributed by atoms with Crippen LogP contribution in [-0.2, 0) is 6.42 Å². The lowest BCUT2D eigenvalue weighted by molar-refractivity contribution is 0.123. The lowest BCUT2D eigenvalue weighted by Gasteiger charge is -2.29. The molecule has 104 valence electrons. The predicted octanol–water partition coefficient (Wildman–Crippen LogP) is 0.794. The van der Waals surface area contributed by atoms with Crippen LogP contribution in [0, 0.1) is 5.82 Å². The molecule has 0 spiro atoms. The fourth-order valence-electron chi connectivity index (χ4n) is 2.28. The summed E-state index contributed by atoms with van der Waals surface area (Å²) in [4.78, 5) is 20.1. The predicted molar refractivity (Wildman–Crippen MR) is 63.8 cm³/mol. The molecule has 9 heteroatoms. The van der Waals surface area contributed by atoms with Crippen molar-refractivity contribution in [1.29, 1.82) is 0 Å². The standard InChI is InChI=1S/C11H11FN6O2/c1-6-9-8(2-3-17(6)11(19)20)18(16-15-9)10-13-4-7(12)5-14-10/h4-6H,2-3H2,1H3,(H,19,20)/t6-/m0/s1. The minimum atomic E-state index is -0.990. The summed E-state index contributed by atoms with van der Waals surface area (Å²) in [6.45, 7) is 2.09. The molecule has 3 heterocycles. The summed E-state index contributed by atoms with van der Waals surface area (Å²) in [5, 5.41) is 17.0. The minimum Gasteiger partial charge on any atom is -0.465 e. The number of amides is 1. The Kier molecular flexibility index (Phi) is 2.81. The van der Waals surface area contributed by atoms with E-state index in [0.29, 0.717) is 18.7 Å². The number of aromatic nitrogens is 5. The molecular weight excluding hydrogens is 267 g/mol. The molecule has 0 aromatic carbocycles. The van der Waals surface area contributed by atoms with E-state index in [1.165, 1.54) is 9.58 Å². The van der Waals surface area contributed by atoms with E-state index in [4.69, 9.17) is 5.11 Å². The number of carboxylic acid groups (broad SMARTS) is 1. The molecule has 0 fully saturated rings. The van der Waals surface area contributed by atoms with Crippen molar-refractivity contribution in [2.45, 2.75) is 19.4 Å². The molecular formula is C11H11FN6O2. The van der Waals surface area contributed by atoms with Crippen molar-refractivity contribution in [3.63, 3.8) is 0 Å². The first-order valence-electron chi connectivity index (χ1n) is 6.00. The van der Waals surface area contributed by atoms with E-state index in [2.05, 4.69) is 20.3 Å². The number of hydrogen-bond acceptors (Lipinski definition) is 5. The highest BCUT2D eigenvalue weighted by Crippen LogP contribution is 2.28. The van der Waals surface area contributed by atoms with Gasteiger partial charge in [0.25, 0.3) is 5.95 Å². The zero-order valence-corrected chi connectivity index (χ0v) is 10.6. The Balaban J connectivity index is 2.00. The van der Waals surface area contributed by atoms with Gasteiger partial charge >= 0.3 is 6.09 Å². The Labute approximate surface area is 112 Å². The number of carbonyl (C=O) groups is 1. The first-order valence-corrected chi connectivity index (χ1v) is 6.00. The second kappa shape index (κ2) is 4.51. The maximum absolute atomic E-state index is 12.8. The van der Waals surface area contributed by atoms with E-state index < -0.39 is 11.9 Å². The summed E-state index contributed by atoms with van der Waals surface area (Å²) in [5.41, 5.74) is 1.33. The molecule has 20 heavy (non-hydrogen) atoms. The first-order chi connectivity index (χ1) is 9.58. The van der Waals surface area contributed by atoms with Crippen LogP contribution in [0.2, 0.25) is 0 Å². The number of rotatable bonds is 1. The van der Waals surface area contributed by atoms with Crippen molar-refractivity contribution >= 4 is 6.09 Å². The van der Waals surface area contributed by atoms with E-state index in [1.54, 1.807) is 6.92 Å². The monoisotopic (exact) mass is 278 g/mol. The van der Waals surface area contributed by atoms with Crippen molar-refractivity contribution in [3.8, 4) is 5.95 Å². The number of nitrogens with zero attached hydrogens (tertiary/aromatic N) is 6. The third kappa shape index (κ3) is 1.87. The molecule has 1 amide bonds. The third-order valence-corrected chi connectivity index (χ3v) is 3.29. The van der Waals surface area contributed by atoms with E-state index in [0.717, 1.165) is 18.1 Å².